The van der Waals surface area contributed by atoms with Gasteiger partial charge in [-0.25, -0.2) is 0 Å². The SMILES string of the molecule is Cc1ccc(OCc2ccc(C(=O)NCCCCN)o2)c(C)c1.Cl. The molecule has 0 fully saturated rings. The van der Waals surface area contributed by atoms with Crippen LogP contribution in [-0.4, -0.2) is 19.0 Å². The van der Waals surface area contributed by atoms with Gasteiger partial charge in [-0.3, -0.25) is 4.79 Å². The number of carbonyl (C=O) groups is 1. The van der Waals surface area contributed by atoms with Gasteiger partial charge in [0.05, 0.1) is 0 Å². The van der Waals surface area contributed by atoms with Crippen molar-refractivity contribution in [1.29, 1.82) is 0 Å². The molecule has 0 aliphatic heterocycles. The summed E-state index contributed by atoms with van der Waals surface area (Å²) < 4.78 is 11.3. The van der Waals surface area contributed by atoms with Crippen molar-refractivity contribution in [1.82, 2.24) is 5.32 Å². The molecule has 132 valence electrons. The number of carbonyl (C=O) groups excluding carboxylic acids is 1. The van der Waals surface area contributed by atoms with Crippen LogP contribution >= 0.6 is 12.4 Å². The van der Waals surface area contributed by atoms with Crippen LogP contribution in [0.25, 0.3) is 0 Å². The normalized spacial score (nSPS) is 10.1. The van der Waals surface area contributed by atoms with E-state index in [-0.39, 0.29) is 18.3 Å². The summed E-state index contributed by atoms with van der Waals surface area (Å²) >= 11 is 0. The van der Waals surface area contributed by atoms with Crippen LogP contribution in [0, 0.1) is 13.8 Å². The van der Waals surface area contributed by atoms with E-state index < -0.39 is 0 Å². The topological polar surface area (TPSA) is 77.5 Å². The minimum atomic E-state index is -0.209. The van der Waals surface area contributed by atoms with Crippen molar-refractivity contribution in [2.24, 2.45) is 5.73 Å². The highest BCUT2D eigenvalue weighted by atomic mass is 35.5. The molecular weight excluding hydrogens is 328 g/mol. The number of benzene rings is 1. The molecule has 0 radical (unpaired) electrons. The van der Waals surface area contributed by atoms with Gasteiger partial charge in [0.15, 0.2) is 5.76 Å². The van der Waals surface area contributed by atoms with Gasteiger partial charge in [0.25, 0.3) is 5.91 Å². The molecule has 6 heteroatoms. The molecule has 24 heavy (non-hydrogen) atoms. The monoisotopic (exact) mass is 352 g/mol. The molecule has 3 N–H and O–H groups in total. The Labute approximate surface area is 149 Å². The molecule has 5 nitrogen and oxygen atoms in total. The fourth-order valence-electron chi connectivity index (χ4n) is 2.25. The van der Waals surface area contributed by atoms with Crippen molar-refractivity contribution in [3.63, 3.8) is 0 Å². The molecular formula is C18H25ClN2O3. The quantitative estimate of drug-likeness (QED) is 0.714. The second kappa shape index (κ2) is 10.0. The van der Waals surface area contributed by atoms with Crippen LogP contribution in [0.1, 0.15) is 40.3 Å². The lowest BCUT2D eigenvalue weighted by atomic mass is 10.1. The summed E-state index contributed by atoms with van der Waals surface area (Å²) in [6.45, 7) is 5.58. The third-order valence-electron chi connectivity index (χ3n) is 3.50. The Bertz CT molecular complexity index is 655. The van der Waals surface area contributed by atoms with E-state index in [0.29, 0.717) is 31.2 Å². The van der Waals surface area contributed by atoms with E-state index in [9.17, 15) is 4.79 Å². The first-order valence-corrected chi connectivity index (χ1v) is 7.87. The molecule has 2 rings (SSSR count). The van der Waals surface area contributed by atoms with E-state index in [0.717, 1.165) is 24.2 Å². The highest BCUT2D eigenvalue weighted by Crippen LogP contribution is 2.20. The lowest BCUT2D eigenvalue weighted by Crippen LogP contribution is -2.24. The smallest absolute Gasteiger partial charge is 0.286 e. The number of hydrogen-bond acceptors (Lipinski definition) is 4. The van der Waals surface area contributed by atoms with Crippen LogP contribution in [-0.2, 0) is 6.61 Å². The van der Waals surface area contributed by atoms with Crippen molar-refractivity contribution in [2.45, 2.75) is 33.3 Å². The fraction of sp³-hybridized carbons (Fsp3) is 0.389. The average molecular weight is 353 g/mol. The van der Waals surface area contributed by atoms with Gasteiger partial charge in [0.1, 0.15) is 18.1 Å². The van der Waals surface area contributed by atoms with Crippen molar-refractivity contribution < 1.29 is 13.9 Å². The predicted molar refractivity (Wildman–Crippen MR) is 96.8 cm³/mol. The zero-order valence-electron chi connectivity index (χ0n) is 14.1. The van der Waals surface area contributed by atoms with E-state index in [2.05, 4.69) is 11.4 Å². The summed E-state index contributed by atoms with van der Waals surface area (Å²) in [6.07, 6.45) is 1.76. The van der Waals surface area contributed by atoms with E-state index >= 15 is 0 Å². The maximum Gasteiger partial charge on any atom is 0.286 e. The fourth-order valence-corrected chi connectivity index (χ4v) is 2.25. The molecule has 1 aromatic carbocycles. The van der Waals surface area contributed by atoms with E-state index in [1.807, 2.05) is 26.0 Å². The van der Waals surface area contributed by atoms with Crippen LogP contribution < -0.4 is 15.8 Å². The minimum absolute atomic E-state index is 0. The Kier molecular flexibility index (Phi) is 8.36. The number of amides is 1. The highest BCUT2D eigenvalue weighted by molar-refractivity contribution is 5.91. The minimum Gasteiger partial charge on any atom is -0.485 e. The van der Waals surface area contributed by atoms with Gasteiger partial charge in [-0.2, -0.15) is 0 Å². The molecule has 2 aromatic rings. The van der Waals surface area contributed by atoms with Gasteiger partial charge in [-0.05, 0) is 57.0 Å². The zero-order chi connectivity index (χ0) is 16.7. The highest BCUT2D eigenvalue weighted by Gasteiger charge is 2.11. The lowest BCUT2D eigenvalue weighted by molar-refractivity contribution is 0.0921. The number of furan rings is 1. The third kappa shape index (κ3) is 5.91. The Balaban J connectivity index is 0.00000288. The van der Waals surface area contributed by atoms with E-state index in [4.69, 9.17) is 14.9 Å². The Morgan fingerprint density at radius 3 is 2.71 bits per heavy atom. The second-order valence-electron chi connectivity index (χ2n) is 5.58. The molecule has 0 saturated heterocycles. The van der Waals surface area contributed by atoms with Crippen LogP contribution in [0.4, 0.5) is 0 Å². The lowest BCUT2D eigenvalue weighted by Gasteiger charge is -2.08. The standard InChI is InChI=1S/C18H24N2O3.ClH/c1-13-5-7-16(14(2)11-13)22-12-15-6-8-17(23-15)18(21)20-10-4-3-9-19;/h5-8,11H,3-4,9-10,12,19H2,1-2H3,(H,20,21);1H. The molecule has 0 spiro atoms. The van der Waals surface area contributed by atoms with Crippen molar-refractivity contribution in [3.05, 3.63) is 53.0 Å². The largest absolute Gasteiger partial charge is 0.485 e. The van der Waals surface area contributed by atoms with E-state index in [1.165, 1.54) is 5.56 Å². The number of nitrogens with one attached hydrogen (secondary N) is 1. The molecule has 0 aliphatic carbocycles. The van der Waals surface area contributed by atoms with Crippen LogP contribution in [0.5, 0.6) is 5.75 Å². The summed E-state index contributed by atoms with van der Waals surface area (Å²) in [5, 5.41) is 2.81. The van der Waals surface area contributed by atoms with Crippen LogP contribution in [0.2, 0.25) is 0 Å². The van der Waals surface area contributed by atoms with Gasteiger partial charge < -0.3 is 20.2 Å². The molecule has 0 aliphatic rings. The maximum absolute atomic E-state index is 11.9. The van der Waals surface area contributed by atoms with Crippen LogP contribution in [0.15, 0.2) is 34.7 Å². The van der Waals surface area contributed by atoms with Gasteiger partial charge in [0.2, 0.25) is 0 Å². The Morgan fingerprint density at radius 2 is 2.00 bits per heavy atom. The van der Waals surface area contributed by atoms with Gasteiger partial charge in [-0.15, -0.1) is 12.4 Å². The van der Waals surface area contributed by atoms with Crippen molar-refractivity contribution >= 4 is 18.3 Å². The summed E-state index contributed by atoms with van der Waals surface area (Å²) in [4.78, 5) is 11.9. The second-order valence-corrected chi connectivity index (χ2v) is 5.58. The number of ether oxygens (including phenoxy) is 1. The molecule has 1 amide bonds. The molecule has 0 atom stereocenters. The van der Waals surface area contributed by atoms with Crippen molar-refractivity contribution in [3.8, 4) is 5.75 Å². The van der Waals surface area contributed by atoms with Crippen molar-refractivity contribution in [2.75, 3.05) is 13.1 Å². The van der Waals surface area contributed by atoms with Gasteiger partial charge >= 0.3 is 0 Å². The van der Waals surface area contributed by atoms with E-state index in [1.54, 1.807) is 12.1 Å². The molecule has 1 heterocycles. The number of nitrogens with two attached hydrogens (primary N) is 1. The summed E-state index contributed by atoms with van der Waals surface area (Å²) in [5.74, 6) is 1.54. The first-order chi connectivity index (χ1) is 11.1. The first kappa shape index (κ1) is 20.1. The van der Waals surface area contributed by atoms with Gasteiger partial charge in [0, 0.05) is 6.54 Å². The number of aryl methyl sites for hydroxylation is 2. The summed E-state index contributed by atoms with van der Waals surface area (Å²) in [6, 6.07) is 9.44. The maximum atomic E-state index is 11.9. The Hall–Kier alpha value is -1.98. The summed E-state index contributed by atoms with van der Waals surface area (Å²) in [5.41, 5.74) is 7.69. The molecule has 0 bridgehead atoms. The zero-order valence-corrected chi connectivity index (χ0v) is 14.9. The number of halogens is 1. The van der Waals surface area contributed by atoms with Crippen LogP contribution in [0.3, 0.4) is 0 Å². The molecule has 1 aromatic heterocycles. The summed E-state index contributed by atoms with van der Waals surface area (Å²) in [7, 11) is 0. The number of unbranched alkanes of at least 4 members (excludes halogenated alkanes) is 1. The number of hydrogen-bond donors (Lipinski definition) is 2. The molecule has 0 unspecified atom stereocenters. The molecule has 0 saturated carbocycles. The predicted octanol–water partition coefficient (Wildman–Crippen LogP) is 3.37. The Morgan fingerprint density at radius 1 is 1.21 bits per heavy atom. The van der Waals surface area contributed by atoms with Gasteiger partial charge in [-0.1, -0.05) is 17.7 Å². The number of rotatable bonds is 8. The average Bonchev–Trinajstić information content (AvgIpc) is 2.99. The first-order valence-electron chi connectivity index (χ1n) is 7.87. The third-order valence-corrected chi connectivity index (χ3v) is 3.50.